The van der Waals surface area contributed by atoms with Crippen molar-refractivity contribution in [3.63, 3.8) is 0 Å². The maximum atomic E-state index is 15.0. The zero-order valence-corrected chi connectivity index (χ0v) is 33.3. The number of guanidine groups is 1. The molecular weight excluding hydrogens is 727 g/mol. The minimum absolute atomic E-state index is 0.0101. The second-order valence-corrected chi connectivity index (χ2v) is 23.6. The average molecular weight is 778 g/mol. The third-order valence-electron chi connectivity index (χ3n) is 13.9. The number of ketones is 1. The van der Waals surface area contributed by atoms with Crippen LogP contribution in [0.2, 0.25) is 0 Å². The van der Waals surface area contributed by atoms with E-state index in [-0.39, 0.29) is 53.3 Å². The molecule has 0 amide bonds. The molecule has 7 aliphatic rings. The zero-order chi connectivity index (χ0) is 33.8. The van der Waals surface area contributed by atoms with Crippen LogP contribution in [-0.2, 0) is 17.0 Å². The smallest absolute Gasteiger partial charge is 0.189 e. The van der Waals surface area contributed by atoms with Crippen molar-refractivity contribution in [3.8, 4) is 0 Å². The van der Waals surface area contributed by atoms with Gasteiger partial charge in [0.25, 0.3) is 0 Å². The first-order chi connectivity index (χ1) is 23.8. The van der Waals surface area contributed by atoms with Gasteiger partial charge in [-0.1, -0.05) is 102 Å². The van der Waals surface area contributed by atoms with Crippen molar-refractivity contribution in [1.29, 1.82) is 0 Å². The molecule has 268 valence electrons. The number of carbonyl (C=O) groups excluding carboxylic acids is 1. The number of nitrogens with one attached hydrogen (secondary N) is 1. The number of nitrogens with zero attached hydrogens (tertiary/aromatic N) is 1. The van der Waals surface area contributed by atoms with Crippen molar-refractivity contribution in [1.82, 2.24) is 5.32 Å². The normalized spacial score (nSPS) is 42.5. The molecule has 2 saturated carbocycles. The largest absolute Gasteiger partial charge is 0.396 e. The van der Waals surface area contributed by atoms with Crippen molar-refractivity contribution < 1.29 is 15.0 Å². The Morgan fingerprint density at radius 1 is 1.00 bits per heavy atom. The highest BCUT2D eigenvalue weighted by Crippen LogP contribution is 2.77. The number of hydrogen-bond donors (Lipinski definition) is 4. The summed E-state index contributed by atoms with van der Waals surface area (Å²) in [7, 11) is 11.9. The Bertz CT molecular complexity index is 1490. The maximum Gasteiger partial charge on any atom is 0.189 e. The van der Waals surface area contributed by atoms with Crippen LogP contribution in [0, 0.1) is 52.3 Å². The number of rotatable bonds is 3. The lowest BCUT2D eigenvalue weighted by atomic mass is 9.46. The monoisotopic (exact) mass is 777 g/mol. The van der Waals surface area contributed by atoms with Crippen molar-refractivity contribution in [2.45, 2.75) is 63.2 Å². The van der Waals surface area contributed by atoms with Gasteiger partial charge in [0.15, 0.2) is 11.7 Å². The highest BCUT2D eigenvalue weighted by atomic mass is 33.1. The van der Waals surface area contributed by atoms with Crippen LogP contribution >= 0.6 is 64.8 Å². The molecule has 0 aromatic heterocycles. The van der Waals surface area contributed by atoms with E-state index in [4.69, 9.17) is 10.7 Å². The van der Waals surface area contributed by atoms with Gasteiger partial charge in [-0.15, -0.1) is 0 Å². The Balaban J connectivity index is 1.30. The molecular formula is C37H51N3O3S6. The van der Waals surface area contributed by atoms with E-state index in [1.807, 2.05) is 64.8 Å². The molecule has 4 heterocycles. The molecule has 10 bridgehead atoms. The van der Waals surface area contributed by atoms with Crippen LogP contribution in [0.5, 0.6) is 0 Å². The van der Waals surface area contributed by atoms with Crippen LogP contribution < -0.4 is 11.1 Å². The Kier molecular flexibility index (Phi) is 10.7. The fourth-order valence-corrected chi connectivity index (χ4v) is 19.9. The fourth-order valence-electron chi connectivity index (χ4n) is 11.7. The standard InChI is InChI=1S/C37H51N3O3S6/c1-35-6-8-44-49-21-36-13-26(19-47-45-17-23-4-2-3-22(9-23)10-28(36)15-39-34(38)40-36)29-20-48-46-18-24(5-7-41)33-25(16-42)11-27(35)12-30-32(29)31(43)14-37(30,33)35/h2-4,9,24-29,33,41-42H,5-8,10-21H2,1H3,(H3,38,39,40)/t24-,25-,26-,27-,28-,29-,33-,35+,36-,37-/m1/s1. The molecule has 2 fully saturated rings. The summed E-state index contributed by atoms with van der Waals surface area (Å²) in [6.45, 7) is 3.61. The van der Waals surface area contributed by atoms with Crippen LogP contribution in [0.1, 0.15) is 56.6 Å². The summed E-state index contributed by atoms with van der Waals surface area (Å²) < 4.78 is 0. The van der Waals surface area contributed by atoms with Crippen molar-refractivity contribution in [2.75, 3.05) is 48.5 Å². The summed E-state index contributed by atoms with van der Waals surface area (Å²) in [5, 5.41) is 25.2. The molecule has 4 aliphatic heterocycles. The SMILES string of the molecule is C[C@]12CCSSC[C@]34C[C@H](CSSCc5cccc(c5)C[C@@H]3CN=C(N)N4)[C@H]3CSSC[C@@H](CCO)[C@@H]4[C@@H](CO)C[C@@H]1CC1=C3C(=O)C[C@@]142. The first-order valence-corrected chi connectivity index (χ1v) is 25.7. The molecule has 0 unspecified atom stereocenters. The van der Waals surface area contributed by atoms with Gasteiger partial charge in [0.1, 0.15) is 0 Å². The molecule has 0 saturated heterocycles. The van der Waals surface area contributed by atoms with Crippen molar-refractivity contribution in [2.24, 2.45) is 63.0 Å². The van der Waals surface area contributed by atoms with Gasteiger partial charge in [0.2, 0.25) is 0 Å². The van der Waals surface area contributed by atoms with E-state index in [0.29, 0.717) is 35.9 Å². The third kappa shape index (κ3) is 6.18. The lowest BCUT2D eigenvalue weighted by Crippen LogP contribution is -2.63. The number of carbonyl (C=O) groups is 1. The fraction of sp³-hybridized carbons (Fsp3) is 0.730. The zero-order valence-electron chi connectivity index (χ0n) is 28.4. The molecule has 12 heteroatoms. The molecule has 2 spiro atoms. The lowest BCUT2D eigenvalue weighted by molar-refractivity contribution is -0.129. The second kappa shape index (κ2) is 14.6. The van der Waals surface area contributed by atoms with E-state index in [0.717, 1.165) is 79.6 Å². The molecule has 3 aliphatic carbocycles. The number of Topliss-reactive ketones (excluding diaryl/α,β-unsaturated/α-hetero) is 1. The second-order valence-electron chi connectivity index (χ2n) is 16.0. The van der Waals surface area contributed by atoms with Gasteiger partial charge < -0.3 is 21.3 Å². The number of aliphatic hydroxyl groups excluding tert-OH is 2. The van der Waals surface area contributed by atoms with Crippen LogP contribution in [0.3, 0.4) is 0 Å². The molecule has 49 heavy (non-hydrogen) atoms. The summed E-state index contributed by atoms with van der Waals surface area (Å²) in [5.41, 5.74) is 11.6. The Morgan fingerprint density at radius 2 is 1.84 bits per heavy atom. The minimum atomic E-state index is -0.226. The molecule has 1 aromatic rings. The molecule has 8 rings (SSSR count). The summed E-state index contributed by atoms with van der Waals surface area (Å²) in [4.78, 5) is 19.8. The van der Waals surface area contributed by atoms with Crippen LogP contribution in [0.15, 0.2) is 40.4 Å². The van der Waals surface area contributed by atoms with Crippen LogP contribution in [0.25, 0.3) is 0 Å². The number of allylic oxidation sites excluding steroid dienone is 2. The topological polar surface area (TPSA) is 108 Å². The van der Waals surface area contributed by atoms with Crippen molar-refractivity contribution >= 4 is 76.5 Å². The first-order valence-electron chi connectivity index (χ1n) is 18.2. The molecule has 6 nitrogen and oxygen atoms in total. The Labute approximate surface area is 315 Å². The van der Waals surface area contributed by atoms with Crippen molar-refractivity contribution in [3.05, 3.63) is 46.5 Å². The van der Waals surface area contributed by atoms with E-state index in [2.05, 4.69) is 36.5 Å². The number of benzene rings is 1. The highest BCUT2D eigenvalue weighted by molar-refractivity contribution is 8.77. The average Bonchev–Trinajstić information content (AvgIpc) is 3.41. The lowest BCUT2D eigenvalue weighted by Gasteiger charge is -2.58. The Morgan fingerprint density at radius 3 is 2.69 bits per heavy atom. The maximum absolute atomic E-state index is 15.0. The summed E-state index contributed by atoms with van der Waals surface area (Å²) in [6, 6.07) is 9.17. The summed E-state index contributed by atoms with van der Waals surface area (Å²) in [5.74, 6) is 8.84. The number of aliphatic imine (C=N–C) groups is 1. The van der Waals surface area contributed by atoms with Gasteiger partial charge in [0.05, 0.1) is 5.54 Å². The predicted molar refractivity (Wildman–Crippen MR) is 215 cm³/mol. The van der Waals surface area contributed by atoms with E-state index in [1.165, 1.54) is 22.3 Å². The van der Waals surface area contributed by atoms with Gasteiger partial charge in [-0.3, -0.25) is 9.79 Å². The number of hydrogen-bond acceptors (Lipinski definition) is 12. The van der Waals surface area contributed by atoms with Crippen LogP contribution in [0.4, 0.5) is 0 Å². The minimum Gasteiger partial charge on any atom is -0.396 e. The Hall–Kier alpha value is -0.0800. The van der Waals surface area contributed by atoms with Crippen LogP contribution in [-0.4, -0.2) is 76.0 Å². The molecule has 0 radical (unpaired) electrons. The van der Waals surface area contributed by atoms with E-state index < -0.39 is 0 Å². The molecule has 5 N–H and O–H groups in total. The van der Waals surface area contributed by atoms with E-state index in [1.54, 1.807) is 0 Å². The predicted octanol–water partition coefficient (Wildman–Crippen LogP) is 7.11. The summed E-state index contributed by atoms with van der Waals surface area (Å²) in [6.07, 6.45) is 6.43. The van der Waals surface area contributed by atoms with E-state index in [9.17, 15) is 15.0 Å². The van der Waals surface area contributed by atoms with Gasteiger partial charge in [0, 0.05) is 77.9 Å². The third-order valence-corrected chi connectivity index (χ3v) is 21.4. The van der Waals surface area contributed by atoms with E-state index >= 15 is 0 Å². The van der Waals surface area contributed by atoms with Gasteiger partial charge >= 0.3 is 0 Å². The summed E-state index contributed by atoms with van der Waals surface area (Å²) >= 11 is 0. The first kappa shape index (κ1) is 35.9. The van der Waals surface area contributed by atoms with Gasteiger partial charge in [-0.25, -0.2) is 0 Å². The van der Waals surface area contributed by atoms with Gasteiger partial charge in [-0.2, -0.15) is 0 Å². The van der Waals surface area contributed by atoms with Gasteiger partial charge in [-0.05, 0) is 90.2 Å². The number of nitrogens with two attached hydrogens (primary N) is 1. The molecule has 10 atom stereocenters. The quantitative estimate of drug-likeness (QED) is 0.236. The highest BCUT2D eigenvalue weighted by Gasteiger charge is 2.71. The number of fused-ring (bicyclic) bond motifs is 4. The molecule has 1 aromatic carbocycles. The number of aliphatic hydroxyl groups is 2.